The predicted molar refractivity (Wildman–Crippen MR) is 45.9 cm³/mol. The van der Waals surface area contributed by atoms with Gasteiger partial charge in [0.15, 0.2) is 0 Å². The van der Waals surface area contributed by atoms with Crippen molar-refractivity contribution in [1.82, 2.24) is 0 Å². The molecule has 0 N–H and O–H groups in total. The molecule has 10 heavy (non-hydrogen) atoms. The lowest BCUT2D eigenvalue weighted by atomic mass is 10.2. The highest BCUT2D eigenvalue weighted by Crippen LogP contribution is 2.06. The Morgan fingerprint density at radius 1 is 1.20 bits per heavy atom. The first-order valence-corrected chi connectivity index (χ1v) is 4.32. The molecule has 0 aliphatic heterocycles. The highest BCUT2D eigenvalue weighted by molar-refractivity contribution is 7.34. The molecule has 0 aliphatic carbocycles. The lowest BCUT2D eigenvalue weighted by Gasteiger charge is -2.00. The van der Waals surface area contributed by atoms with Crippen LogP contribution >= 0.6 is 8.46 Å². The van der Waals surface area contributed by atoms with Gasteiger partial charge < -0.3 is 4.57 Å². The van der Waals surface area contributed by atoms with Crippen LogP contribution in [0.4, 0.5) is 0 Å². The zero-order valence-electron chi connectivity index (χ0n) is 6.22. The summed E-state index contributed by atoms with van der Waals surface area (Å²) in [7, 11) is -0.769. The Bertz CT molecular complexity index is 235. The maximum Gasteiger partial charge on any atom is 0.0926 e. The van der Waals surface area contributed by atoms with Gasteiger partial charge in [-0.2, -0.15) is 0 Å². The van der Waals surface area contributed by atoms with E-state index in [2.05, 4.69) is 0 Å². The molecule has 1 aromatic carbocycles. The molecule has 1 rings (SSSR count). The average Bonchev–Trinajstić information content (AvgIpc) is 1.88. The van der Waals surface area contributed by atoms with E-state index in [1.165, 1.54) is 0 Å². The van der Waals surface area contributed by atoms with Gasteiger partial charge in [-0.15, -0.1) is 0 Å². The molecule has 2 heteroatoms. The molecule has 0 spiro atoms. The van der Waals surface area contributed by atoms with Crippen LogP contribution in [-0.4, -0.2) is 0 Å². The molecule has 0 saturated carbocycles. The number of benzene rings is 1. The molecule has 0 aromatic heterocycles. The molecule has 0 heterocycles. The van der Waals surface area contributed by atoms with Crippen LogP contribution in [0, 0.1) is 13.8 Å². The lowest BCUT2D eigenvalue weighted by molar-refractivity contribution is 0.603. The molecule has 0 aliphatic rings. The topological polar surface area (TPSA) is 17.1 Å². The van der Waals surface area contributed by atoms with Gasteiger partial charge in [-0.3, -0.25) is 0 Å². The summed E-state index contributed by atoms with van der Waals surface area (Å²) in [6, 6.07) is 5.98. The van der Waals surface area contributed by atoms with E-state index in [0.717, 1.165) is 16.4 Å². The van der Waals surface area contributed by atoms with Crippen molar-refractivity contribution < 1.29 is 4.57 Å². The third-order valence-corrected chi connectivity index (χ3v) is 2.81. The third-order valence-electron chi connectivity index (χ3n) is 1.66. The van der Waals surface area contributed by atoms with E-state index in [0.29, 0.717) is 0 Å². The van der Waals surface area contributed by atoms with Crippen LogP contribution in [-0.2, 0) is 4.57 Å². The van der Waals surface area contributed by atoms with Crippen molar-refractivity contribution in [2.75, 3.05) is 0 Å². The standard InChI is InChI=1S/C8H11OP/c1-6-4-3-5-7(2)8(6)10-9/h3-5H,10H2,1-2H3. The molecule has 1 nitrogen and oxygen atoms in total. The largest absolute Gasteiger partial charge is 0.325 e. The van der Waals surface area contributed by atoms with Gasteiger partial charge in [-0.05, 0) is 25.0 Å². The van der Waals surface area contributed by atoms with Gasteiger partial charge in [-0.25, -0.2) is 0 Å². The Labute approximate surface area is 62.3 Å². The first kappa shape index (κ1) is 7.56. The minimum Gasteiger partial charge on any atom is -0.325 e. The quantitative estimate of drug-likeness (QED) is 0.562. The van der Waals surface area contributed by atoms with E-state index in [1.54, 1.807) is 0 Å². The van der Waals surface area contributed by atoms with E-state index in [9.17, 15) is 4.57 Å². The Hall–Kier alpha value is -0.550. The van der Waals surface area contributed by atoms with Crippen molar-refractivity contribution in [3.05, 3.63) is 29.3 Å². The first-order valence-electron chi connectivity index (χ1n) is 3.27. The summed E-state index contributed by atoms with van der Waals surface area (Å²) in [5.74, 6) is 0. The van der Waals surface area contributed by atoms with E-state index in [4.69, 9.17) is 0 Å². The highest BCUT2D eigenvalue weighted by atomic mass is 31.1. The zero-order valence-corrected chi connectivity index (χ0v) is 7.37. The molecule has 0 radical (unpaired) electrons. The summed E-state index contributed by atoms with van der Waals surface area (Å²) in [5.41, 5.74) is 2.29. The normalized spacial score (nSPS) is 11.0. The van der Waals surface area contributed by atoms with Crippen LogP contribution in [0.15, 0.2) is 18.2 Å². The average molecular weight is 154 g/mol. The maximum atomic E-state index is 10.7. The second-order valence-electron chi connectivity index (χ2n) is 2.42. The van der Waals surface area contributed by atoms with Gasteiger partial charge in [0.05, 0.1) is 8.46 Å². The molecule has 1 aromatic rings. The Morgan fingerprint density at radius 3 is 2.00 bits per heavy atom. The van der Waals surface area contributed by atoms with Crippen LogP contribution in [0.1, 0.15) is 11.1 Å². The fourth-order valence-corrected chi connectivity index (χ4v) is 1.58. The summed E-state index contributed by atoms with van der Waals surface area (Å²) >= 11 is 0. The van der Waals surface area contributed by atoms with Crippen LogP contribution in [0.3, 0.4) is 0 Å². The summed E-state index contributed by atoms with van der Waals surface area (Å²) < 4.78 is 10.7. The summed E-state index contributed by atoms with van der Waals surface area (Å²) in [4.78, 5) is 0. The number of aryl methyl sites for hydroxylation is 2. The summed E-state index contributed by atoms with van der Waals surface area (Å²) in [5, 5.41) is 1.03. The van der Waals surface area contributed by atoms with Crippen molar-refractivity contribution in [3.63, 3.8) is 0 Å². The monoisotopic (exact) mass is 154 g/mol. The molecule has 0 saturated heterocycles. The zero-order chi connectivity index (χ0) is 7.56. The van der Waals surface area contributed by atoms with Crippen LogP contribution in [0.5, 0.6) is 0 Å². The maximum absolute atomic E-state index is 10.7. The van der Waals surface area contributed by atoms with Gasteiger partial charge in [-0.1, -0.05) is 18.2 Å². The molecule has 0 fully saturated rings. The van der Waals surface area contributed by atoms with Crippen molar-refractivity contribution in [2.45, 2.75) is 13.8 Å². The molecule has 0 amide bonds. The molecule has 1 unspecified atom stereocenters. The summed E-state index contributed by atoms with van der Waals surface area (Å²) in [6.07, 6.45) is 0. The van der Waals surface area contributed by atoms with E-state index < -0.39 is 8.46 Å². The third kappa shape index (κ3) is 1.30. The van der Waals surface area contributed by atoms with Crippen molar-refractivity contribution in [2.24, 2.45) is 0 Å². The van der Waals surface area contributed by atoms with Crippen molar-refractivity contribution in [3.8, 4) is 0 Å². The van der Waals surface area contributed by atoms with E-state index in [-0.39, 0.29) is 0 Å². The second kappa shape index (κ2) is 3.03. The van der Waals surface area contributed by atoms with Gasteiger partial charge in [0.25, 0.3) is 0 Å². The van der Waals surface area contributed by atoms with Gasteiger partial charge in [0, 0.05) is 5.30 Å². The number of hydrogen-bond acceptors (Lipinski definition) is 1. The van der Waals surface area contributed by atoms with Crippen molar-refractivity contribution in [1.29, 1.82) is 0 Å². The fraction of sp³-hybridized carbons (Fsp3) is 0.250. The lowest BCUT2D eigenvalue weighted by Crippen LogP contribution is -2.01. The fourth-order valence-electron chi connectivity index (χ4n) is 1.01. The molecule has 54 valence electrons. The first-order chi connectivity index (χ1) is 4.75. The van der Waals surface area contributed by atoms with Crippen LogP contribution in [0.25, 0.3) is 0 Å². The van der Waals surface area contributed by atoms with Gasteiger partial charge in [0.2, 0.25) is 0 Å². The molecule has 1 atom stereocenters. The van der Waals surface area contributed by atoms with Gasteiger partial charge >= 0.3 is 0 Å². The predicted octanol–water partition coefficient (Wildman–Crippen LogP) is 1.69. The van der Waals surface area contributed by atoms with Crippen LogP contribution < -0.4 is 5.30 Å². The Balaban J connectivity index is 3.30. The van der Waals surface area contributed by atoms with Gasteiger partial charge in [0.1, 0.15) is 0 Å². The van der Waals surface area contributed by atoms with E-state index >= 15 is 0 Å². The smallest absolute Gasteiger partial charge is 0.0926 e. The Kier molecular flexibility index (Phi) is 2.29. The Morgan fingerprint density at radius 2 is 1.70 bits per heavy atom. The SMILES string of the molecule is Cc1cccc(C)c1[PH2]=O. The summed E-state index contributed by atoms with van der Waals surface area (Å²) in [6.45, 7) is 3.99. The molecular weight excluding hydrogens is 143 g/mol. The minimum absolute atomic E-state index is 0.769. The minimum atomic E-state index is -0.769. The van der Waals surface area contributed by atoms with E-state index in [1.807, 2.05) is 32.0 Å². The highest BCUT2D eigenvalue weighted by Gasteiger charge is 1.96. The number of rotatable bonds is 1. The number of hydrogen-bond donors (Lipinski definition) is 0. The second-order valence-corrected chi connectivity index (χ2v) is 3.24. The molecule has 0 bridgehead atoms. The molecular formula is C8H11OP. The van der Waals surface area contributed by atoms with Crippen LogP contribution in [0.2, 0.25) is 0 Å². The van der Waals surface area contributed by atoms with Crippen molar-refractivity contribution >= 4 is 13.8 Å².